The fourth-order valence-electron chi connectivity index (χ4n) is 5.08. The van der Waals surface area contributed by atoms with Crippen molar-refractivity contribution < 1.29 is 29.6 Å². The number of hydrogen-bond acceptors (Lipinski definition) is 6. The van der Waals surface area contributed by atoms with Gasteiger partial charge in [-0.3, -0.25) is 0 Å². The van der Waals surface area contributed by atoms with E-state index in [2.05, 4.69) is 13.8 Å². The molecule has 0 aromatic heterocycles. The van der Waals surface area contributed by atoms with Crippen LogP contribution in [0.5, 0.6) is 0 Å². The van der Waals surface area contributed by atoms with Crippen molar-refractivity contribution in [3.8, 4) is 0 Å². The van der Waals surface area contributed by atoms with Crippen molar-refractivity contribution >= 4 is 5.97 Å². The summed E-state index contributed by atoms with van der Waals surface area (Å²) in [7, 11) is 0. The van der Waals surface area contributed by atoms with Gasteiger partial charge in [-0.05, 0) is 19.3 Å². The van der Waals surface area contributed by atoms with Crippen LogP contribution in [0.3, 0.4) is 0 Å². The lowest BCUT2D eigenvalue weighted by molar-refractivity contribution is -0.166. The number of aliphatic hydroxyl groups is 3. The van der Waals surface area contributed by atoms with Crippen molar-refractivity contribution in [2.45, 2.75) is 160 Å². The number of ether oxygens (including phenoxy) is 2. The Bertz CT molecular complexity index is 590. The maximum absolute atomic E-state index is 12.2. The molecule has 212 valence electrons. The predicted molar refractivity (Wildman–Crippen MR) is 146 cm³/mol. The highest BCUT2D eigenvalue weighted by Crippen LogP contribution is 2.40. The van der Waals surface area contributed by atoms with Crippen LogP contribution in [0.25, 0.3) is 0 Å². The molecule has 2 atom stereocenters. The molecule has 0 fully saturated rings. The number of aliphatic hydroxyl groups excluding tert-OH is 3. The molecule has 6 heteroatoms. The van der Waals surface area contributed by atoms with Gasteiger partial charge in [0.1, 0.15) is 6.10 Å². The van der Waals surface area contributed by atoms with E-state index in [1.54, 1.807) is 0 Å². The topological polar surface area (TPSA) is 96.2 Å². The first-order valence-electron chi connectivity index (χ1n) is 15.1. The molecule has 0 saturated heterocycles. The first-order valence-corrected chi connectivity index (χ1v) is 15.1. The van der Waals surface area contributed by atoms with Crippen LogP contribution in [-0.2, 0) is 14.3 Å². The van der Waals surface area contributed by atoms with Gasteiger partial charge in [-0.2, -0.15) is 0 Å². The minimum atomic E-state index is -1.49. The van der Waals surface area contributed by atoms with Gasteiger partial charge in [-0.1, -0.05) is 129 Å². The number of rotatable bonds is 25. The van der Waals surface area contributed by atoms with Crippen LogP contribution in [0.4, 0.5) is 0 Å². The van der Waals surface area contributed by atoms with E-state index in [-0.39, 0.29) is 5.76 Å². The van der Waals surface area contributed by atoms with Crippen molar-refractivity contribution in [1.29, 1.82) is 0 Å². The summed E-state index contributed by atoms with van der Waals surface area (Å²) in [5, 5.41) is 30.6. The number of unbranched alkanes of at least 4 members (excludes halogenated alkanes) is 18. The quantitative estimate of drug-likeness (QED) is 0.0858. The molecule has 36 heavy (non-hydrogen) atoms. The first-order chi connectivity index (χ1) is 17.5. The summed E-state index contributed by atoms with van der Waals surface area (Å²) in [6.45, 7) is 4.25. The number of carbonyl (C=O) groups is 1. The third-order valence-electron chi connectivity index (χ3n) is 7.42. The SMILES string of the molecule is CCCCCCCCCCCCOC1=C(O)C(=O)O[C@]1(CCCCCCCCCCCC)[C@@H](O)CO. The van der Waals surface area contributed by atoms with E-state index >= 15 is 0 Å². The van der Waals surface area contributed by atoms with Crippen LogP contribution in [0.15, 0.2) is 11.5 Å². The summed E-state index contributed by atoms with van der Waals surface area (Å²) in [6, 6.07) is 0. The van der Waals surface area contributed by atoms with Crippen LogP contribution in [0.1, 0.15) is 149 Å². The number of hydrogen-bond donors (Lipinski definition) is 3. The normalized spacial score (nSPS) is 18.6. The molecule has 0 bridgehead atoms. The van der Waals surface area contributed by atoms with Gasteiger partial charge in [0.15, 0.2) is 5.76 Å². The second-order valence-corrected chi connectivity index (χ2v) is 10.6. The molecular formula is C30H56O6. The van der Waals surface area contributed by atoms with Crippen molar-refractivity contribution in [2.75, 3.05) is 13.2 Å². The molecule has 1 aliphatic heterocycles. The Morgan fingerprint density at radius 1 is 0.722 bits per heavy atom. The Balaban J connectivity index is 2.39. The maximum atomic E-state index is 12.2. The van der Waals surface area contributed by atoms with E-state index in [0.717, 1.165) is 38.5 Å². The Kier molecular flexibility index (Phi) is 18.9. The van der Waals surface area contributed by atoms with Crippen molar-refractivity contribution in [3.05, 3.63) is 11.5 Å². The second-order valence-electron chi connectivity index (χ2n) is 10.6. The molecule has 3 N–H and O–H groups in total. The highest BCUT2D eigenvalue weighted by molar-refractivity contribution is 5.90. The van der Waals surface area contributed by atoms with E-state index in [4.69, 9.17) is 9.47 Å². The standard InChI is InChI=1S/C30H56O6/c1-3-5-7-9-11-13-15-17-19-21-23-30(26(32)25-31)28(27(33)29(34)36-30)35-24-22-20-18-16-14-12-10-8-6-4-2/h26,31-33H,3-25H2,1-2H3/t26-,30+/m0/s1. The number of carbonyl (C=O) groups excluding carboxylic acids is 1. The molecule has 1 rings (SSSR count). The smallest absolute Gasteiger partial charge is 0.378 e. The van der Waals surface area contributed by atoms with Crippen LogP contribution in [0.2, 0.25) is 0 Å². The molecule has 1 aliphatic rings. The maximum Gasteiger partial charge on any atom is 0.378 e. The lowest BCUT2D eigenvalue weighted by Gasteiger charge is -2.33. The molecule has 0 unspecified atom stereocenters. The average Bonchev–Trinajstić information content (AvgIpc) is 3.13. The highest BCUT2D eigenvalue weighted by atomic mass is 16.6. The van der Waals surface area contributed by atoms with Gasteiger partial charge in [-0.25, -0.2) is 4.79 Å². The van der Waals surface area contributed by atoms with Crippen LogP contribution < -0.4 is 0 Å². The summed E-state index contributed by atoms with van der Waals surface area (Å²) >= 11 is 0. The van der Waals surface area contributed by atoms with Gasteiger partial charge in [0.05, 0.1) is 13.2 Å². The average molecular weight is 513 g/mol. The molecule has 0 spiro atoms. The third kappa shape index (κ3) is 12.3. The van der Waals surface area contributed by atoms with Crippen molar-refractivity contribution in [2.24, 2.45) is 0 Å². The van der Waals surface area contributed by atoms with Gasteiger partial charge in [0.2, 0.25) is 11.4 Å². The molecule has 0 amide bonds. The summed E-state index contributed by atoms with van der Waals surface area (Å²) in [6.07, 6.45) is 22.7. The summed E-state index contributed by atoms with van der Waals surface area (Å²) in [4.78, 5) is 12.2. The van der Waals surface area contributed by atoms with Crippen molar-refractivity contribution in [3.63, 3.8) is 0 Å². The van der Waals surface area contributed by atoms with Crippen molar-refractivity contribution in [1.82, 2.24) is 0 Å². The van der Waals surface area contributed by atoms with Crippen LogP contribution in [-0.4, -0.2) is 46.2 Å². The van der Waals surface area contributed by atoms with Crippen LogP contribution >= 0.6 is 0 Å². The Morgan fingerprint density at radius 3 is 1.58 bits per heavy atom. The molecule has 6 nitrogen and oxygen atoms in total. The molecule has 0 aromatic rings. The lowest BCUT2D eigenvalue weighted by Crippen LogP contribution is -2.47. The molecule has 0 aromatic carbocycles. The van der Waals surface area contributed by atoms with Gasteiger partial charge in [0, 0.05) is 0 Å². The van der Waals surface area contributed by atoms with Gasteiger partial charge in [-0.15, -0.1) is 0 Å². The third-order valence-corrected chi connectivity index (χ3v) is 7.42. The fourth-order valence-corrected chi connectivity index (χ4v) is 5.08. The molecule has 1 heterocycles. The Morgan fingerprint density at radius 2 is 1.14 bits per heavy atom. The predicted octanol–water partition coefficient (Wildman–Crippen LogP) is 7.65. The minimum absolute atomic E-state index is 0.000832. The van der Waals surface area contributed by atoms with E-state index in [9.17, 15) is 20.1 Å². The zero-order chi connectivity index (χ0) is 26.5. The number of cyclic esters (lactones) is 1. The highest BCUT2D eigenvalue weighted by Gasteiger charge is 2.54. The first kappa shape index (κ1) is 32.8. The zero-order valence-corrected chi connectivity index (χ0v) is 23.4. The summed E-state index contributed by atoms with van der Waals surface area (Å²) in [5.74, 6) is -1.45. The Labute approximate surface area is 220 Å². The largest absolute Gasteiger partial charge is 0.499 e. The van der Waals surface area contributed by atoms with Gasteiger partial charge in [0.25, 0.3) is 0 Å². The summed E-state index contributed by atoms with van der Waals surface area (Å²) in [5.41, 5.74) is -1.49. The van der Waals surface area contributed by atoms with E-state index in [1.807, 2.05) is 0 Å². The fraction of sp³-hybridized carbons (Fsp3) is 0.900. The Hall–Kier alpha value is -1.27. The van der Waals surface area contributed by atoms with E-state index in [1.165, 1.54) is 89.9 Å². The number of esters is 1. The van der Waals surface area contributed by atoms with Gasteiger partial charge < -0.3 is 24.8 Å². The molecule has 0 radical (unpaired) electrons. The van der Waals surface area contributed by atoms with E-state index in [0.29, 0.717) is 13.0 Å². The van der Waals surface area contributed by atoms with Crippen LogP contribution in [0, 0.1) is 0 Å². The minimum Gasteiger partial charge on any atom is -0.499 e. The molecule has 0 saturated carbocycles. The molecular weight excluding hydrogens is 456 g/mol. The lowest BCUT2D eigenvalue weighted by atomic mass is 9.88. The zero-order valence-electron chi connectivity index (χ0n) is 23.4. The summed E-state index contributed by atoms with van der Waals surface area (Å²) < 4.78 is 11.3. The van der Waals surface area contributed by atoms with E-state index < -0.39 is 30.0 Å². The monoisotopic (exact) mass is 512 g/mol. The molecule has 0 aliphatic carbocycles. The van der Waals surface area contributed by atoms with Gasteiger partial charge >= 0.3 is 5.97 Å². The second kappa shape index (κ2) is 20.7.